The smallest absolute Gasteiger partial charge is 0.189 e. The predicted molar refractivity (Wildman–Crippen MR) is 69.3 cm³/mol. The van der Waals surface area contributed by atoms with Crippen LogP contribution in [0.1, 0.15) is 23.6 Å². The Bertz CT molecular complexity index is 436. The van der Waals surface area contributed by atoms with E-state index < -0.39 is 0 Å². The maximum absolute atomic E-state index is 5.80. The summed E-state index contributed by atoms with van der Waals surface area (Å²) in [6.45, 7) is 2.86. The molecule has 0 aromatic heterocycles. The van der Waals surface area contributed by atoms with Crippen LogP contribution in [0.2, 0.25) is 0 Å². The SMILES string of the molecule is CN1CC(CN)CC1c1cccc2c1COCO2. The summed E-state index contributed by atoms with van der Waals surface area (Å²) >= 11 is 0. The minimum atomic E-state index is 0.363. The van der Waals surface area contributed by atoms with Crippen molar-refractivity contribution in [3.8, 4) is 5.75 Å². The van der Waals surface area contributed by atoms with Crippen molar-refractivity contribution in [1.82, 2.24) is 4.90 Å². The van der Waals surface area contributed by atoms with Crippen LogP contribution in [0.15, 0.2) is 18.2 Å². The second kappa shape index (κ2) is 4.88. The van der Waals surface area contributed by atoms with E-state index in [1.165, 1.54) is 11.1 Å². The van der Waals surface area contributed by atoms with E-state index in [0.29, 0.717) is 25.4 Å². The van der Waals surface area contributed by atoms with Gasteiger partial charge in [0.1, 0.15) is 5.75 Å². The van der Waals surface area contributed by atoms with Crippen LogP contribution in [-0.2, 0) is 11.3 Å². The zero-order valence-electron chi connectivity index (χ0n) is 10.8. The Labute approximate surface area is 108 Å². The molecule has 98 valence electrons. The topological polar surface area (TPSA) is 47.7 Å². The summed E-state index contributed by atoms with van der Waals surface area (Å²) in [6, 6.07) is 6.73. The first-order chi connectivity index (χ1) is 8.79. The summed E-state index contributed by atoms with van der Waals surface area (Å²) in [6.07, 6.45) is 1.13. The van der Waals surface area contributed by atoms with Crippen LogP contribution in [-0.4, -0.2) is 31.8 Å². The maximum Gasteiger partial charge on any atom is 0.189 e. The quantitative estimate of drug-likeness (QED) is 0.861. The molecule has 1 aromatic rings. The molecule has 2 unspecified atom stereocenters. The van der Waals surface area contributed by atoms with Gasteiger partial charge >= 0.3 is 0 Å². The molecular formula is C14H20N2O2. The first-order valence-corrected chi connectivity index (χ1v) is 6.52. The lowest BCUT2D eigenvalue weighted by Gasteiger charge is -2.26. The minimum absolute atomic E-state index is 0.363. The van der Waals surface area contributed by atoms with E-state index in [4.69, 9.17) is 15.2 Å². The van der Waals surface area contributed by atoms with Crippen molar-refractivity contribution in [3.63, 3.8) is 0 Å². The van der Waals surface area contributed by atoms with Crippen LogP contribution in [0.25, 0.3) is 0 Å². The minimum Gasteiger partial charge on any atom is -0.467 e. The zero-order valence-corrected chi connectivity index (χ0v) is 10.8. The lowest BCUT2D eigenvalue weighted by atomic mass is 9.95. The molecule has 0 spiro atoms. The van der Waals surface area contributed by atoms with Crippen molar-refractivity contribution < 1.29 is 9.47 Å². The first kappa shape index (κ1) is 12.0. The van der Waals surface area contributed by atoms with E-state index in [2.05, 4.69) is 24.1 Å². The Morgan fingerprint density at radius 2 is 2.33 bits per heavy atom. The standard InChI is InChI=1S/C14H20N2O2/c1-16-7-10(6-15)5-13(16)11-3-2-4-14-12(11)8-17-9-18-14/h2-4,10,13H,5-9,15H2,1H3. The monoisotopic (exact) mass is 248 g/mol. The number of ether oxygens (including phenoxy) is 2. The number of fused-ring (bicyclic) bond motifs is 1. The molecule has 0 aliphatic carbocycles. The maximum atomic E-state index is 5.80. The van der Waals surface area contributed by atoms with E-state index in [0.717, 1.165) is 25.3 Å². The van der Waals surface area contributed by atoms with Gasteiger partial charge in [-0.2, -0.15) is 0 Å². The molecular weight excluding hydrogens is 228 g/mol. The van der Waals surface area contributed by atoms with E-state index in [1.807, 2.05) is 6.07 Å². The third-order valence-electron chi connectivity index (χ3n) is 4.04. The summed E-state index contributed by atoms with van der Waals surface area (Å²) < 4.78 is 11.0. The summed E-state index contributed by atoms with van der Waals surface area (Å²) in [5.41, 5.74) is 8.34. The van der Waals surface area contributed by atoms with Gasteiger partial charge < -0.3 is 15.2 Å². The van der Waals surface area contributed by atoms with Crippen LogP contribution in [0.3, 0.4) is 0 Å². The van der Waals surface area contributed by atoms with Gasteiger partial charge in [-0.15, -0.1) is 0 Å². The van der Waals surface area contributed by atoms with Crippen molar-refractivity contribution in [3.05, 3.63) is 29.3 Å². The molecule has 2 atom stereocenters. The van der Waals surface area contributed by atoms with Crippen LogP contribution in [0.4, 0.5) is 0 Å². The number of benzene rings is 1. The zero-order chi connectivity index (χ0) is 12.5. The van der Waals surface area contributed by atoms with E-state index in [9.17, 15) is 0 Å². The average molecular weight is 248 g/mol. The van der Waals surface area contributed by atoms with Gasteiger partial charge in [0.2, 0.25) is 0 Å². The van der Waals surface area contributed by atoms with Crippen molar-refractivity contribution in [2.24, 2.45) is 11.7 Å². The molecule has 3 rings (SSSR count). The van der Waals surface area contributed by atoms with Gasteiger partial charge in [0.25, 0.3) is 0 Å². The van der Waals surface area contributed by atoms with Crippen LogP contribution in [0.5, 0.6) is 5.75 Å². The predicted octanol–water partition coefficient (Wildman–Crippen LogP) is 1.50. The van der Waals surface area contributed by atoms with Crippen molar-refractivity contribution in [1.29, 1.82) is 0 Å². The molecule has 0 bridgehead atoms. The highest BCUT2D eigenvalue weighted by atomic mass is 16.7. The molecule has 0 amide bonds. The third-order valence-corrected chi connectivity index (χ3v) is 4.04. The van der Waals surface area contributed by atoms with Gasteiger partial charge in [0, 0.05) is 18.2 Å². The number of nitrogens with two attached hydrogens (primary N) is 1. The summed E-state index contributed by atoms with van der Waals surface area (Å²) in [7, 11) is 2.17. The van der Waals surface area contributed by atoms with Gasteiger partial charge in [-0.3, -0.25) is 4.90 Å². The first-order valence-electron chi connectivity index (χ1n) is 6.52. The number of hydrogen-bond acceptors (Lipinski definition) is 4. The molecule has 1 fully saturated rings. The lowest BCUT2D eigenvalue weighted by Crippen LogP contribution is -2.22. The molecule has 2 aliphatic rings. The fourth-order valence-corrected chi connectivity index (χ4v) is 3.07. The summed E-state index contributed by atoms with van der Waals surface area (Å²) in [5, 5.41) is 0. The Hall–Kier alpha value is -1.10. The van der Waals surface area contributed by atoms with Crippen LogP contribution >= 0.6 is 0 Å². The van der Waals surface area contributed by atoms with E-state index >= 15 is 0 Å². The molecule has 1 saturated heterocycles. The lowest BCUT2D eigenvalue weighted by molar-refractivity contribution is -0.0173. The van der Waals surface area contributed by atoms with Gasteiger partial charge in [0.05, 0.1) is 6.61 Å². The normalized spacial score (nSPS) is 27.9. The second-order valence-electron chi connectivity index (χ2n) is 5.23. The third kappa shape index (κ3) is 2.00. The largest absolute Gasteiger partial charge is 0.467 e. The van der Waals surface area contributed by atoms with Gasteiger partial charge in [-0.1, -0.05) is 12.1 Å². The molecule has 2 heterocycles. The highest BCUT2D eigenvalue weighted by Gasteiger charge is 2.32. The molecule has 18 heavy (non-hydrogen) atoms. The molecule has 4 heteroatoms. The van der Waals surface area contributed by atoms with Crippen LogP contribution in [0, 0.1) is 5.92 Å². The van der Waals surface area contributed by atoms with Crippen molar-refractivity contribution >= 4 is 0 Å². The van der Waals surface area contributed by atoms with E-state index in [1.54, 1.807) is 0 Å². The van der Waals surface area contributed by atoms with Gasteiger partial charge in [-0.25, -0.2) is 0 Å². The highest BCUT2D eigenvalue weighted by molar-refractivity contribution is 5.42. The van der Waals surface area contributed by atoms with Gasteiger partial charge in [0.15, 0.2) is 6.79 Å². The highest BCUT2D eigenvalue weighted by Crippen LogP contribution is 2.39. The molecule has 0 radical (unpaired) electrons. The fourth-order valence-electron chi connectivity index (χ4n) is 3.07. The second-order valence-corrected chi connectivity index (χ2v) is 5.23. The van der Waals surface area contributed by atoms with Crippen LogP contribution < -0.4 is 10.5 Å². The number of nitrogens with zero attached hydrogens (tertiary/aromatic N) is 1. The summed E-state index contributed by atoms with van der Waals surface area (Å²) in [4.78, 5) is 2.39. The number of hydrogen-bond donors (Lipinski definition) is 1. The fraction of sp³-hybridized carbons (Fsp3) is 0.571. The molecule has 2 aliphatic heterocycles. The molecule has 4 nitrogen and oxygen atoms in total. The molecule has 2 N–H and O–H groups in total. The van der Waals surface area contributed by atoms with Gasteiger partial charge in [-0.05, 0) is 37.6 Å². The Balaban J connectivity index is 1.92. The van der Waals surface area contributed by atoms with E-state index in [-0.39, 0.29) is 0 Å². The molecule has 0 saturated carbocycles. The summed E-state index contributed by atoms with van der Waals surface area (Å²) in [5.74, 6) is 1.57. The van der Waals surface area contributed by atoms with Crippen molar-refractivity contribution in [2.45, 2.75) is 19.1 Å². The Morgan fingerprint density at radius 1 is 1.44 bits per heavy atom. The van der Waals surface area contributed by atoms with Crippen molar-refractivity contribution in [2.75, 3.05) is 26.9 Å². The number of rotatable bonds is 2. The molecule has 1 aromatic carbocycles. The Morgan fingerprint density at radius 3 is 3.11 bits per heavy atom. The average Bonchev–Trinajstić information content (AvgIpc) is 2.79. The number of likely N-dealkylation sites (tertiary alicyclic amines) is 1. The Kier molecular flexibility index (Phi) is 3.24.